The van der Waals surface area contributed by atoms with E-state index in [1.54, 1.807) is 6.92 Å². The molecule has 17 heavy (non-hydrogen) atoms. The summed E-state index contributed by atoms with van der Waals surface area (Å²) < 4.78 is 13.4. The van der Waals surface area contributed by atoms with Gasteiger partial charge in [0.05, 0.1) is 11.6 Å². The van der Waals surface area contributed by atoms with Crippen molar-refractivity contribution in [3.05, 3.63) is 29.1 Å². The van der Waals surface area contributed by atoms with Gasteiger partial charge in [0, 0.05) is 23.6 Å². The number of nitrogens with one attached hydrogen (secondary N) is 1. The zero-order chi connectivity index (χ0) is 12.8. The lowest BCUT2D eigenvalue weighted by Crippen LogP contribution is -2.13. The number of amides is 1. The average molecular weight is 255 g/mol. The molecule has 0 aromatic heterocycles. The van der Waals surface area contributed by atoms with Gasteiger partial charge in [-0.2, -0.15) is 5.26 Å². The van der Waals surface area contributed by atoms with Crippen molar-refractivity contribution < 1.29 is 9.18 Å². The van der Waals surface area contributed by atoms with Crippen molar-refractivity contribution in [2.75, 3.05) is 11.2 Å². The highest BCUT2D eigenvalue weighted by Gasteiger charge is 2.09. The maximum atomic E-state index is 13.4. The van der Waals surface area contributed by atoms with Crippen molar-refractivity contribution in [3.63, 3.8) is 0 Å². The Balaban J connectivity index is 2.87. The minimum atomic E-state index is -0.503. The van der Waals surface area contributed by atoms with E-state index in [1.165, 1.54) is 6.07 Å². The third-order valence-electron chi connectivity index (χ3n) is 2.28. The Kier molecular flexibility index (Phi) is 4.92. The molecule has 1 aromatic carbocycles. The van der Waals surface area contributed by atoms with Gasteiger partial charge in [0.1, 0.15) is 5.82 Å². The van der Waals surface area contributed by atoms with Crippen LogP contribution in [0.3, 0.4) is 0 Å². The summed E-state index contributed by atoms with van der Waals surface area (Å²) in [7, 11) is 0. The molecule has 1 N–H and O–H groups in total. The van der Waals surface area contributed by atoms with Gasteiger partial charge < -0.3 is 5.32 Å². The first-order chi connectivity index (χ1) is 8.08. The first kappa shape index (κ1) is 13.5. The second-order valence-electron chi connectivity index (χ2n) is 3.58. The zero-order valence-corrected chi connectivity index (χ0v) is 10.1. The smallest absolute Gasteiger partial charge is 0.224 e. The summed E-state index contributed by atoms with van der Waals surface area (Å²) in [6, 6.07) is 4.44. The summed E-state index contributed by atoms with van der Waals surface area (Å²) >= 11 is 5.47. The molecule has 0 spiro atoms. The van der Waals surface area contributed by atoms with Crippen molar-refractivity contribution in [3.8, 4) is 6.07 Å². The lowest BCUT2D eigenvalue weighted by molar-refractivity contribution is -0.116. The van der Waals surface area contributed by atoms with E-state index in [4.69, 9.17) is 16.9 Å². The average Bonchev–Trinajstić information content (AvgIpc) is 2.32. The minimum absolute atomic E-state index is 0.181. The molecule has 0 aliphatic heterocycles. The van der Waals surface area contributed by atoms with E-state index in [9.17, 15) is 9.18 Å². The number of hydrogen-bond donors (Lipinski definition) is 1. The normalized spacial score (nSPS) is 9.76. The fourth-order valence-electron chi connectivity index (χ4n) is 1.31. The van der Waals surface area contributed by atoms with Crippen molar-refractivity contribution in [1.82, 2.24) is 0 Å². The van der Waals surface area contributed by atoms with E-state index in [2.05, 4.69) is 5.32 Å². The molecule has 3 nitrogen and oxygen atoms in total. The SMILES string of the molecule is Cc1c(F)cc(C#N)cc1NC(=O)CCCCl. The van der Waals surface area contributed by atoms with Gasteiger partial charge in [-0.1, -0.05) is 0 Å². The van der Waals surface area contributed by atoms with Crippen LogP contribution in [-0.2, 0) is 4.79 Å². The quantitative estimate of drug-likeness (QED) is 0.840. The van der Waals surface area contributed by atoms with E-state index < -0.39 is 5.82 Å². The lowest BCUT2D eigenvalue weighted by atomic mass is 10.1. The van der Waals surface area contributed by atoms with Crippen molar-refractivity contribution >= 4 is 23.2 Å². The molecule has 0 aliphatic carbocycles. The lowest BCUT2D eigenvalue weighted by Gasteiger charge is -2.09. The maximum Gasteiger partial charge on any atom is 0.224 e. The third kappa shape index (κ3) is 3.72. The Labute approximate surface area is 104 Å². The number of rotatable bonds is 4. The third-order valence-corrected chi connectivity index (χ3v) is 2.55. The number of hydrogen-bond acceptors (Lipinski definition) is 2. The van der Waals surface area contributed by atoms with Crippen molar-refractivity contribution in [2.45, 2.75) is 19.8 Å². The molecule has 90 valence electrons. The van der Waals surface area contributed by atoms with Gasteiger partial charge in [-0.25, -0.2) is 4.39 Å². The second-order valence-corrected chi connectivity index (χ2v) is 3.96. The number of carbonyl (C=O) groups excluding carboxylic acids is 1. The van der Waals surface area contributed by atoms with Gasteiger partial charge in [-0.3, -0.25) is 4.79 Å². The Morgan fingerprint density at radius 2 is 2.29 bits per heavy atom. The van der Waals surface area contributed by atoms with E-state index in [1.807, 2.05) is 6.07 Å². The number of nitriles is 1. The van der Waals surface area contributed by atoms with Gasteiger partial charge >= 0.3 is 0 Å². The zero-order valence-electron chi connectivity index (χ0n) is 9.39. The predicted octanol–water partition coefficient (Wildman–Crippen LogP) is 2.96. The van der Waals surface area contributed by atoms with E-state index in [0.29, 0.717) is 23.6 Å². The molecule has 0 atom stereocenters. The molecule has 0 unspecified atom stereocenters. The van der Waals surface area contributed by atoms with Crippen molar-refractivity contribution in [1.29, 1.82) is 5.26 Å². The summed E-state index contributed by atoms with van der Waals surface area (Å²) in [4.78, 5) is 11.5. The number of anilines is 1. The van der Waals surface area contributed by atoms with Crippen LogP contribution in [0, 0.1) is 24.1 Å². The van der Waals surface area contributed by atoms with Crippen LogP contribution in [0.4, 0.5) is 10.1 Å². The Morgan fingerprint density at radius 1 is 1.59 bits per heavy atom. The van der Waals surface area contributed by atoms with Gasteiger partial charge in [-0.15, -0.1) is 11.6 Å². The molecular formula is C12H12ClFN2O. The highest BCUT2D eigenvalue weighted by Crippen LogP contribution is 2.20. The molecule has 0 saturated heterocycles. The van der Waals surface area contributed by atoms with Gasteiger partial charge in [0.15, 0.2) is 0 Å². The first-order valence-corrected chi connectivity index (χ1v) is 5.68. The van der Waals surface area contributed by atoms with Crippen LogP contribution in [0.15, 0.2) is 12.1 Å². The molecule has 5 heteroatoms. The molecule has 1 aromatic rings. The van der Waals surface area contributed by atoms with Crippen LogP contribution in [0.25, 0.3) is 0 Å². The molecule has 0 radical (unpaired) electrons. The van der Waals surface area contributed by atoms with Gasteiger partial charge in [0.2, 0.25) is 5.91 Å². The Bertz CT molecular complexity index is 468. The number of carbonyl (C=O) groups is 1. The largest absolute Gasteiger partial charge is 0.326 e. The molecule has 0 aliphatic rings. The van der Waals surface area contributed by atoms with Crippen molar-refractivity contribution in [2.24, 2.45) is 0 Å². The standard InChI is InChI=1S/C12H12ClFN2O/c1-8-10(14)5-9(7-15)6-11(8)16-12(17)3-2-4-13/h5-6H,2-4H2,1H3,(H,16,17). The Morgan fingerprint density at radius 3 is 2.88 bits per heavy atom. The fraction of sp³-hybridized carbons (Fsp3) is 0.333. The van der Waals surface area contributed by atoms with Crippen LogP contribution >= 0.6 is 11.6 Å². The van der Waals surface area contributed by atoms with Crippen LogP contribution in [0.5, 0.6) is 0 Å². The molecule has 0 heterocycles. The highest BCUT2D eigenvalue weighted by molar-refractivity contribution is 6.18. The predicted molar refractivity (Wildman–Crippen MR) is 64.4 cm³/mol. The molecule has 1 rings (SSSR count). The van der Waals surface area contributed by atoms with Crippen LogP contribution < -0.4 is 5.32 Å². The maximum absolute atomic E-state index is 13.4. The molecule has 0 bridgehead atoms. The van der Waals surface area contributed by atoms with E-state index >= 15 is 0 Å². The number of alkyl halides is 1. The van der Waals surface area contributed by atoms with Gasteiger partial charge in [-0.05, 0) is 25.5 Å². The topological polar surface area (TPSA) is 52.9 Å². The first-order valence-electron chi connectivity index (χ1n) is 5.14. The van der Waals surface area contributed by atoms with E-state index in [-0.39, 0.29) is 17.9 Å². The summed E-state index contributed by atoms with van der Waals surface area (Å²) in [6.07, 6.45) is 0.841. The minimum Gasteiger partial charge on any atom is -0.326 e. The summed E-state index contributed by atoms with van der Waals surface area (Å²) in [5.41, 5.74) is 0.838. The molecule has 1 amide bonds. The van der Waals surface area contributed by atoms with Crippen LogP contribution in [-0.4, -0.2) is 11.8 Å². The second kappa shape index (κ2) is 6.21. The molecule has 0 saturated carbocycles. The number of nitrogens with zero attached hydrogens (tertiary/aromatic N) is 1. The monoisotopic (exact) mass is 254 g/mol. The molecular weight excluding hydrogens is 243 g/mol. The Hall–Kier alpha value is -1.60. The number of halogens is 2. The molecule has 0 fully saturated rings. The van der Waals surface area contributed by atoms with E-state index in [0.717, 1.165) is 6.07 Å². The summed E-state index contributed by atoms with van der Waals surface area (Å²) in [6.45, 7) is 1.55. The summed E-state index contributed by atoms with van der Waals surface area (Å²) in [5, 5.41) is 11.3. The number of benzene rings is 1. The van der Waals surface area contributed by atoms with Crippen LogP contribution in [0.1, 0.15) is 24.0 Å². The fourth-order valence-corrected chi connectivity index (χ4v) is 1.45. The van der Waals surface area contributed by atoms with Gasteiger partial charge in [0.25, 0.3) is 0 Å². The highest BCUT2D eigenvalue weighted by atomic mass is 35.5. The van der Waals surface area contributed by atoms with Crippen LogP contribution in [0.2, 0.25) is 0 Å². The summed E-state index contributed by atoms with van der Waals surface area (Å²) in [5.74, 6) is -0.334.